The van der Waals surface area contributed by atoms with Crippen LogP contribution in [0.4, 0.5) is 17.1 Å². The van der Waals surface area contributed by atoms with Gasteiger partial charge in [-0.05, 0) is 64.7 Å². The van der Waals surface area contributed by atoms with Gasteiger partial charge in [0.1, 0.15) is 34.9 Å². The first kappa shape index (κ1) is 33.0. The van der Waals surface area contributed by atoms with Gasteiger partial charge in [0.05, 0.1) is 22.3 Å². The SMILES string of the molecule is c1ccc(-c2ccc(N(c3cccc4c3oc3ccccc34)c3ccc(C4=NC(c5ccccc5)NC(c5ccccc5)N4)c4oc5ccccc5c34)cc2)cc1. The Morgan fingerprint density at radius 3 is 1.81 bits per heavy atom. The van der Waals surface area contributed by atoms with Crippen LogP contribution >= 0.6 is 0 Å². The Hall–Kier alpha value is -7.41. The summed E-state index contributed by atoms with van der Waals surface area (Å²) in [4.78, 5) is 7.63. The van der Waals surface area contributed by atoms with Crippen LogP contribution < -0.4 is 15.5 Å². The summed E-state index contributed by atoms with van der Waals surface area (Å²) < 4.78 is 13.6. The lowest BCUT2D eigenvalue weighted by molar-refractivity contribution is 0.409. The van der Waals surface area contributed by atoms with Crippen LogP contribution in [0.25, 0.3) is 55.0 Å². The zero-order chi connectivity index (χ0) is 37.7. The van der Waals surface area contributed by atoms with Gasteiger partial charge in [0.25, 0.3) is 0 Å². The molecule has 6 heteroatoms. The molecule has 2 atom stereocenters. The molecule has 0 saturated heterocycles. The van der Waals surface area contributed by atoms with Gasteiger partial charge in [-0.15, -0.1) is 0 Å². The molecule has 0 radical (unpaired) electrons. The van der Waals surface area contributed by atoms with Crippen LogP contribution in [-0.2, 0) is 0 Å². The maximum atomic E-state index is 6.90. The molecular weight excluding hydrogens is 701 g/mol. The second kappa shape index (κ2) is 13.7. The number of hydrogen-bond acceptors (Lipinski definition) is 6. The van der Waals surface area contributed by atoms with E-state index >= 15 is 0 Å². The van der Waals surface area contributed by atoms with Crippen molar-refractivity contribution in [2.24, 2.45) is 4.99 Å². The number of nitrogens with zero attached hydrogens (tertiary/aromatic N) is 2. The van der Waals surface area contributed by atoms with Crippen LogP contribution in [0.2, 0.25) is 0 Å². The van der Waals surface area contributed by atoms with E-state index in [4.69, 9.17) is 13.8 Å². The molecule has 57 heavy (non-hydrogen) atoms. The average Bonchev–Trinajstić information content (AvgIpc) is 3.87. The quantitative estimate of drug-likeness (QED) is 0.171. The predicted molar refractivity (Wildman–Crippen MR) is 232 cm³/mol. The molecule has 2 unspecified atom stereocenters. The number of fused-ring (bicyclic) bond motifs is 6. The highest BCUT2D eigenvalue weighted by atomic mass is 16.3. The van der Waals surface area contributed by atoms with Crippen LogP contribution in [0.3, 0.4) is 0 Å². The highest BCUT2D eigenvalue weighted by Gasteiger charge is 2.30. The van der Waals surface area contributed by atoms with E-state index in [1.165, 1.54) is 5.56 Å². The maximum Gasteiger partial charge on any atom is 0.159 e. The lowest BCUT2D eigenvalue weighted by atomic mass is 10.0. The molecule has 2 N–H and O–H groups in total. The first-order valence-corrected chi connectivity index (χ1v) is 19.3. The fourth-order valence-corrected chi connectivity index (χ4v) is 8.25. The van der Waals surface area contributed by atoms with Gasteiger partial charge in [0.2, 0.25) is 0 Å². The number of amidine groups is 1. The number of nitrogens with one attached hydrogen (secondary N) is 2. The van der Waals surface area contributed by atoms with Crippen LogP contribution in [0.1, 0.15) is 29.0 Å². The molecule has 272 valence electrons. The van der Waals surface area contributed by atoms with E-state index in [-0.39, 0.29) is 12.3 Å². The normalized spacial score (nSPS) is 15.5. The largest absolute Gasteiger partial charge is 0.455 e. The summed E-state index contributed by atoms with van der Waals surface area (Å²) >= 11 is 0. The van der Waals surface area contributed by atoms with Gasteiger partial charge in [-0.25, -0.2) is 4.99 Å². The van der Waals surface area contributed by atoms with Gasteiger partial charge in [-0.3, -0.25) is 5.32 Å². The molecule has 8 aromatic carbocycles. The topological polar surface area (TPSA) is 65.9 Å². The zero-order valence-corrected chi connectivity index (χ0v) is 30.8. The smallest absolute Gasteiger partial charge is 0.159 e. The highest BCUT2D eigenvalue weighted by molar-refractivity contribution is 6.21. The molecule has 10 aromatic rings. The monoisotopic (exact) mass is 736 g/mol. The highest BCUT2D eigenvalue weighted by Crippen LogP contribution is 2.47. The summed E-state index contributed by atoms with van der Waals surface area (Å²) in [5, 5.41) is 11.6. The third kappa shape index (κ3) is 5.74. The third-order valence-electron chi connectivity index (χ3n) is 11.0. The van der Waals surface area contributed by atoms with Crippen molar-refractivity contribution in [3.8, 4) is 11.1 Å². The molecule has 0 bridgehead atoms. The molecule has 11 rings (SSSR count). The summed E-state index contributed by atoms with van der Waals surface area (Å²) in [6, 6.07) is 67.3. The van der Waals surface area contributed by atoms with Crippen molar-refractivity contribution in [1.82, 2.24) is 10.6 Å². The lowest BCUT2D eigenvalue weighted by Crippen LogP contribution is -2.45. The van der Waals surface area contributed by atoms with E-state index < -0.39 is 0 Å². The minimum absolute atomic E-state index is 0.187. The molecule has 0 spiro atoms. The Morgan fingerprint density at radius 2 is 1.05 bits per heavy atom. The molecule has 0 amide bonds. The van der Waals surface area contributed by atoms with Crippen molar-refractivity contribution in [1.29, 1.82) is 0 Å². The first-order chi connectivity index (χ1) is 28.3. The van der Waals surface area contributed by atoms with Gasteiger partial charge < -0.3 is 19.1 Å². The van der Waals surface area contributed by atoms with Crippen molar-refractivity contribution in [2.45, 2.75) is 12.3 Å². The van der Waals surface area contributed by atoms with Crippen molar-refractivity contribution in [2.75, 3.05) is 4.90 Å². The minimum Gasteiger partial charge on any atom is -0.455 e. The Morgan fingerprint density at radius 1 is 0.456 bits per heavy atom. The van der Waals surface area contributed by atoms with E-state index in [2.05, 4.69) is 167 Å². The minimum atomic E-state index is -0.280. The van der Waals surface area contributed by atoms with Gasteiger partial charge in [-0.2, -0.15) is 0 Å². The predicted octanol–water partition coefficient (Wildman–Crippen LogP) is 13.0. The first-order valence-electron chi connectivity index (χ1n) is 19.3. The van der Waals surface area contributed by atoms with E-state index in [1.807, 2.05) is 42.5 Å². The summed E-state index contributed by atoms with van der Waals surface area (Å²) in [6.45, 7) is 0. The van der Waals surface area contributed by atoms with Crippen LogP contribution in [0, 0.1) is 0 Å². The molecule has 0 aliphatic carbocycles. The number of benzene rings is 8. The molecule has 3 heterocycles. The third-order valence-corrected chi connectivity index (χ3v) is 11.0. The van der Waals surface area contributed by atoms with Crippen LogP contribution in [0.15, 0.2) is 208 Å². The van der Waals surface area contributed by atoms with E-state index in [0.717, 1.165) is 89.0 Å². The summed E-state index contributed by atoms with van der Waals surface area (Å²) in [5.74, 6) is 0.755. The Balaban J connectivity index is 1.15. The standard InChI is InChI=1S/C51H36N4O2/c1-4-15-33(16-5-1)34-27-29-37(30-28-34)55(43-24-14-23-39-38-21-10-12-25-44(38)56-47(39)43)42-32-31-41(48-46(42)40-22-11-13-26-45(40)57-48)51-53-49(35-17-6-2-7-18-35)52-50(54-51)36-19-8-3-9-20-36/h1-32,49-50,52H,(H,53,54). The van der Waals surface area contributed by atoms with E-state index in [1.54, 1.807) is 0 Å². The Labute approximate surface area is 329 Å². The number of rotatable bonds is 7. The number of furan rings is 2. The fourth-order valence-electron chi connectivity index (χ4n) is 8.25. The maximum absolute atomic E-state index is 6.90. The number of aliphatic imine (C=N–C) groups is 1. The molecule has 0 saturated carbocycles. The molecular formula is C51H36N4O2. The summed E-state index contributed by atoms with van der Waals surface area (Å²) in [7, 11) is 0. The lowest BCUT2D eigenvalue weighted by Gasteiger charge is -2.32. The Kier molecular flexibility index (Phi) is 7.93. The number of para-hydroxylation sites is 3. The summed E-state index contributed by atoms with van der Waals surface area (Å²) in [6.07, 6.45) is -0.467. The average molecular weight is 737 g/mol. The molecule has 6 nitrogen and oxygen atoms in total. The fraction of sp³-hybridized carbons (Fsp3) is 0.0392. The van der Waals surface area contributed by atoms with E-state index in [0.29, 0.717) is 0 Å². The number of anilines is 3. The van der Waals surface area contributed by atoms with E-state index in [9.17, 15) is 0 Å². The van der Waals surface area contributed by atoms with Gasteiger partial charge in [-0.1, -0.05) is 152 Å². The molecule has 0 fully saturated rings. The van der Waals surface area contributed by atoms with Crippen molar-refractivity contribution >= 4 is 66.8 Å². The second-order valence-electron chi connectivity index (χ2n) is 14.4. The van der Waals surface area contributed by atoms with Crippen molar-refractivity contribution in [3.05, 3.63) is 211 Å². The Bertz CT molecular complexity index is 3080. The van der Waals surface area contributed by atoms with Crippen LogP contribution in [0.5, 0.6) is 0 Å². The summed E-state index contributed by atoms with van der Waals surface area (Å²) in [5.41, 5.74) is 11.5. The zero-order valence-electron chi connectivity index (χ0n) is 30.8. The van der Waals surface area contributed by atoms with Crippen LogP contribution in [-0.4, -0.2) is 5.84 Å². The van der Waals surface area contributed by atoms with Gasteiger partial charge >= 0.3 is 0 Å². The molecule has 2 aromatic heterocycles. The van der Waals surface area contributed by atoms with Crippen molar-refractivity contribution < 1.29 is 8.83 Å². The molecule has 1 aliphatic rings. The van der Waals surface area contributed by atoms with Crippen molar-refractivity contribution in [3.63, 3.8) is 0 Å². The molecule has 1 aliphatic heterocycles. The number of hydrogen-bond donors (Lipinski definition) is 2. The van der Waals surface area contributed by atoms with Gasteiger partial charge in [0, 0.05) is 21.8 Å². The van der Waals surface area contributed by atoms with Gasteiger partial charge in [0.15, 0.2) is 5.58 Å². The second-order valence-corrected chi connectivity index (χ2v) is 14.4.